The third kappa shape index (κ3) is 9.97. The van der Waals surface area contributed by atoms with Crippen LogP contribution >= 0.6 is 0 Å². The Morgan fingerprint density at radius 1 is 1.00 bits per heavy atom. The predicted molar refractivity (Wildman–Crippen MR) is 155 cm³/mol. The van der Waals surface area contributed by atoms with Crippen molar-refractivity contribution in [1.29, 1.82) is 0 Å². The number of urea groups is 1. The number of sulfonamides is 1. The van der Waals surface area contributed by atoms with E-state index in [1.807, 2.05) is 18.2 Å². The van der Waals surface area contributed by atoms with Gasteiger partial charge in [-0.1, -0.05) is 44.4 Å². The zero-order chi connectivity index (χ0) is 28.1. The number of hydrogen-bond donors (Lipinski definition) is 4. The third-order valence-corrected chi connectivity index (χ3v) is 7.71. The Kier molecular flexibility index (Phi) is 11.7. The van der Waals surface area contributed by atoms with Crippen molar-refractivity contribution in [2.24, 2.45) is 0 Å². The van der Waals surface area contributed by atoms with Crippen molar-refractivity contribution in [3.05, 3.63) is 84.2 Å². The first-order valence-corrected chi connectivity index (χ1v) is 14.8. The zero-order valence-electron chi connectivity index (χ0n) is 22.6. The number of hydrogen-bond acceptors (Lipinski definition) is 6. The summed E-state index contributed by atoms with van der Waals surface area (Å²) in [4.78, 5) is 18.1. The molecule has 0 aliphatic heterocycles. The van der Waals surface area contributed by atoms with Crippen molar-refractivity contribution in [2.45, 2.75) is 50.0 Å². The number of carbonyl (C=O) groups excluding carboxylic acids is 1. The van der Waals surface area contributed by atoms with Gasteiger partial charge in [-0.3, -0.25) is 9.71 Å². The minimum atomic E-state index is -3.78. The smallest absolute Gasteiger partial charge is 0.321 e. The van der Waals surface area contributed by atoms with Gasteiger partial charge >= 0.3 is 6.03 Å². The molecule has 0 spiro atoms. The highest BCUT2D eigenvalue weighted by Gasteiger charge is 2.15. The van der Waals surface area contributed by atoms with E-state index in [9.17, 15) is 18.3 Å². The zero-order valence-corrected chi connectivity index (χ0v) is 23.5. The van der Waals surface area contributed by atoms with Gasteiger partial charge in [0.1, 0.15) is 0 Å². The average Bonchev–Trinajstić information content (AvgIpc) is 2.94. The number of nitrogens with zero attached hydrogens (tertiary/aromatic N) is 2. The molecule has 1 aromatic heterocycles. The number of rotatable bonds is 15. The molecule has 1 heterocycles. The van der Waals surface area contributed by atoms with Crippen LogP contribution in [0, 0.1) is 0 Å². The summed E-state index contributed by atoms with van der Waals surface area (Å²) in [5.41, 5.74) is 2.80. The normalized spacial score (nSPS) is 12.1. The molecule has 9 nitrogen and oxygen atoms in total. The molecule has 10 heteroatoms. The van der Waals surface area contributed by atoms with E-state index in [-0.39, 0.29) is 10.9 Å². The topological polar surface area (TPSA) is 124 Å². The fourth-order valence-corrected chi connectivity index (χ4v) is 4.99. The summed E-state index contributed by atoms with van der Waals surface area (Å²) in [6.45, 7) is 3.90. The molecule has 1 atom stereocenters. The van der Waals surface area contributed by atoms with E-state index in [0.717, 1.165) is 43.2 Å². The largest absolute Gasteiger partial charge is 0.387 e. The number of aliphatic hydroxyl groups is 1. The van der Waals surface area contributed by atoms with E-state index in [0.29, 0.717) is 31.0 Å². The summed E-state index contributed by atoms with van der Waals surface area (Å²) >= 11 is 0. The van der Waals surface area contributed by atoms with Gasteiger partial charge in [0, 0.05) is 49.5 Å². The molecule has 0 aliphatic rings. The first-order chi connectivity index (χ1) is 18.8. The molecule has 39 heavy (non-hydrogen) atoms. The Hall–Kier alpha value is -3.47. The van der Waals surface area contributed by atoms with Crippen molar-refractivity contribution < 1.29 is 18.3 Å². The highest BCUT2D eigenvalue weighted by molar-refractivity contribution is 7.92. The van der Waals surface area contributed by atoms with Crippen molar-refractivity contribution >= 4 is 27.4 Å². The van der Waals surface area contributed by atoms with Gasteiger partial charge in [0.2, 0.25) is 0 Å². The summed E-state index contributed by atoms with van der Waals surface area (Å²) in [5, 5.41) is 16.2. The number of pyridine rings is 1. The maximum absolute atomic E-state index is 12.8. The number of amides is 2. The summed E-state index contributed by atoms with van der Waals surface area (Å²) in [6.07, 6.45) is 7.76. The van der Waals surface area contributed by atoms with Crippen LogP contribution in [0.3, 0.4) is 0 Å². The second-order valence-electron chi connectivity index (χ2n) is 9.50. The van der Waals surface area contributed by atoms with E-state index in [4.69, 9.17) is 0 Å². The number of nitrogens with one attached hydrogen (secondary N) is 3. The number of carbonyl (C=O) groups is 1. The maximum atomic E-state index is 12.8. The highest BCUT2D eigenvalue weighted by Crippen LogP contribution is 2.19. The van der Waals surface area contributed by atoms with E-state index >= 15 is 0 Å². The van der Waals surface area contributed by atoms with Gasteiger partial charge < -0.3 is 20.6 Å². The van der Waals surface area contributed by atoms with Gasteiger partial charge in [-0.25, -0.2) is 13.2 Å². The summed E-state index contributed by atoms with van der Waals surface area (Å²) in [5.74, 6) is 0. The Labute approximate surface area is 231 Å². The molecule has 3 rings (SSSR count). The summed E-state index contributed by atoms with van der Waals surface area (Å²) < 4.78 is 28.3. The van der Waals surface area contributed by atoms with Crippen molar-refractivity contribution in [3.63, 3.8) is 0 Å². The second-order valence-corrected chi connectivity index (χ2v) is 11.2. The molecular formula is C29H39N5O4S. The number of anilines is 2. The minimum absolute atomic E-state index is 0.105. The molecule has 0 fully saturated rings. The Morgan fingerprint density at radius 2 is 1.72 bits per heavy atom. The second kappa shape index (κ2) is 15.2. The lowest BCUT2D eigenvalue weighted by Gasteiger charge is -2.18. The van der Waals surface area contributed by atoms with E-state index in [1.54, 1.807) is 54.7 Å². The lowest BCUT2D eigenvalue weighted by molar-refractivity contribution is 0.174. The summed E-state index contributed by atoms with van der Waals surface area (Å²) in [7, 11) is -2.03. The van der Waals surface area contributed by atoms with Crippen molar-refractivity contribution in [3.8, 4) is 0 Å². The average molecular weight is 554 g/mol. The van der Waals surface area contributed by atoms with Crippen LogP contribution in [0.25, 0.3) is 0 Å². The van der Waals surface area contributed by atoms with Gasteiger partial charge in [-0.2, -0.15) is 0 Å². The van der Waals surface area contributed by atoms with Crippen LogP contribution in [0.2, 0.25) is 0 Å². The molecule has 0 bridgehead atoms. The number of benzene rings is 2. The van der Waals surface area contributed by atoms with Crippen LogP contribution in [0.15, 0.2) is 78.0 Å². The van der Waals surface area contributed by atoms with Gasteiger partial charge in [-0.15, -0.1) is 0 Å². The molecule has 3 aromatic rings. The molecule has 0 aliphatic carbocycles. The Balaban J connectivity index is 1.45. The SMILES string of the molecule is CCCCCCN(C)C(=O)Nc1ccc(S(=O)(=O)Nc2ccc(CCNCC(O)c3cccnc3)cc2)cc1. The monoisotopic (exact) mass is 553 g/mol. The summed E-state index contributed by atoms with van der Waals surface area (Å²) in [6, 6.07) is 16.7. The van der Waals surface area contributed by atoms with E-state index in [2.05, 4.69) is 27.3 Å². The number of aliphatic hydroxyl groups excluding tert-OH is 1. The molecule has 0 saturated heterocycles. The highest BCUT2D eigenvalue weighted by atomic mass is 32.2. The van der Waals surface area contributed by atoms with Gasteiger partial charge in [0.25, 0.3) is 10.0 Å². The van der Waals surface area contributed by atoms with Crippen LogP contribution in [0.5, 0.6) is 0 Å². The van der Waals surface area contributed by atoms with Crippen LogP contribution in [0.4, 0.5) is 16.2 Å². The standard InChI is InChI=1S/C29H39N5O4S/c1-3-4-5-6-20-34(2)29(36)32-25-13-15-27(16-14-25)39(37,38)33-26-11-9-23(10-12-26)17-19-31-22-28(35)24-8-7-18-30-21-24/h7-16,18,21,28,31,33,35H,3-6,17,19-20,22H2,1-2H3,(H,32,36). The van der Waals surface area contributed by atoms with Gasteiger partial charge in [0.15, 0.2) is 0 Å². The lowest BCUT2D eigenvalue weighted by atomic mass is 10.1. The molecular weight excluding hydrogens is 514 g/mol. The van der Waals surface area contributed by atoms with E-state index in [1.165, 1.54) is 12.1 Å². The Bertz CT molecular complexity index is 1250. The minimum Gasteiger partial charge on any atom is -0.387 e. The molecule has 0 radical (unpaired) electrons. The van der Waals surface area contributed by atoms with Crippen molar-refractivity contribution in [1.82, 2.24) is 15.2 Å². The molecule has 1 unspecified atom stereocenters. The quantitative estimate of drug-likeness (QED) is 0.201. The molecule has 2 aromatic carbocycles. The molecule has 4 N–H and O–H groups in total. The van der Waals surface area contributed by atoms with Gasteiger partial charge in [0.05, 0.1) is 11.0 Å². The first kappa shape index (κ1) is 30.1. The number of aromatic nitrogens is 1. The molecule has 2 amide bonds. The van der Waals surface area contributed by atoms with E-state index < -0.39 is 16.1 Å². The van der Waals surface area contributed by atoms with Gasteiger partial charge in [-0.05, 0) is 67.4 Å². The Morgan fingerprint density at radius 3 is 2.38 bits per heavy atom. The first-order valence-electron chi connectivity index (χ1n) is 13.3. The van der Waals surface area contributed by atoms with Crippen molar-refractivity contribution in [2.75, 3.05) is 36.7 Å². The predicted octanol–water partition coefficient (Wildman–Crippen LogP) is 4.79. The van der Waals surface area contributed by atoms with Crippen LogP contribution < -0.4 is 15.4 Å². The fourth-order valence-electron chi connectivity index (χ4n) is 3.93. The molecule has 0 saturated carbocycles. The van der Waals surface area contributed by atoms with Crippen LogP contribution in [0.1, 0.15) is 49.8 Å². The van der Waals surface area contributed by atoms with Crippen LogP contribution in [-0.2, 0) is 16.4 Å². The van der Waals surface area contributed by atoms with Crippen LogP contribution in [-0.4, -0.2) is 56.1 Å². The fraction of sp³-hybridized carbons (Fsp3) is 0.379. The maximum Gasteiger partial charge on any atom is 0.321 e. The third-order valence-electron chi connectivity index (χ3n) is 6.31. The number of unbranched alkanes of at least 4 members (excludes halogenated alkanes) is 3. The lowest BCUT2D eigenvalue weighted by Crippen LogP contribution is -2.32. The molecule has 210 valence electrons.